The lowest BCUT2D eigenvalue weighted by Crippen LogP contribution is -2.31. The van der Waals surface area contributed by atoms with Crippen LogP contribution in [0.4, 0.5) is 10.1 Å². The van der Waals surface area contributed by atoms with Crippen LogP contribution in [-0.4, -0.2) is 12.6 Å². The summed E-state index contributed by atoms with van der Waals surface area (Å²) in [7, 11) is 0. The van der Waals surface area contributed by atoms with Crippen molar-refractivity contribution in [1.82, 2.24) is 0 Å². The maximum Gasteiger partial charge on any atom is 0.258 e. The Hall–Kier alpha value is -3.14. The first-order chi connectivity index (χ1) is 13.6. The van der Waals surface area contributed by atoms with Crippen LogP contribution in [0.25, 0.3) is 0 Å². The van der Waals surface area contributed by atoms with Crippen LogP contribution in [0.5, 0.6) is 11.5 Å². The Kier molecular flexibility index (Phi) is 6.43. The monoisotopic (exact) mass is 377 g/mol. The molecule has 3 aromatic carbocycles. The SMILES string of the molecule is CC(C)c1ccc(CN(C(=O)CF)c2ccccc2Oc2ccccc2)cc1. The van der Waals surface area contributed by atoms with Crippen molar-refractivity contribution in [1.29, 1.82) is 0 Å². The smallest absolute Gasteiger partial charge is 0.258 e. The number of carbonyl (C=O) groups is 1. The summed E-state index contributed by atoms with van der Waals surface area (Å²) in [5.74, 6) is 0.993. The highest BCUT2D eigenvalue weighted by atomic mass is 19.1. The fourth-order valence-corrected chi connectivity index (χ4v) is 2.95. The van der Waals surface area contributed by atoms with Crippen molar-refractivity contribution in [3.05, 3.63) is 90.0 Å². The van der Waals surface area contributed by atoms with E-state index in [0.29, 0.717) is 23.1 Å². The molecule has 0 aliphatic rings. The fourth-order valence-electron chi connectivity index (χ4n) is 2.95. The van der Waals surface area contributed by atoms with Crippen molar-refractivity contribution in [2.75, 3.05) is 11.6 Å². The van der Waals surface area contributed by atoms with Gasteiger partial charge in [0.15, 0.2) is 12.4 Å². The van der Waals surface area contributed by atoms with E-state index >= 15 is 0 Å². The minimum Gasteiger partial charge on any atom is -0.455 e. The summed E-state index contributed by atoms with van der Waals surface area (Å²) in [6, 6.07) is 24.6. The summed E-state index contributed by atoms with van der Waals surface area (Å²) in [6.07, 6.45) is 0. The van der Waals surface area contributed by atoms with E-state index in [-0.39, 0.29) is 6.54 Å². The Morgan fingerprint density at radius 3 is 2.21 bits per heavy atom. The van der Waals surface area contributed by atoms with Crippen molar-refractivity contribution in [2.45, 2.75) is 26.3 Å². The third-order valence-electron chi connectivity index (χ3n) is 4.53. The van der Waals surface area contributed by atoms with Crippen LogP contribution in [0.2, 0.25) is 0 Å². The van der Waals surface area contributed by atoms with Gasteiger partial charge in [0.05, 0.1) is 12.2 Å². The number of amides is 1. The van der Waals surface area contributed by atoms with E-state index in [1.807, 2.05) is 66.7 Å². The predicted molar refractivity (Wildman–Crippen MR) is 111 cm³/mol. The molecule has 144 valence electrons. The molecule has 0 radical (unpaired) electrons. The number of hydrogen-bond donors (Lipinski definition) is 0. The summed E-state index contributed by atoms with van der Waals surface area (Å²) >= 11 is 0. The van der Waals surface area contributed by atoms with Crippen molar-refractivity contribution < 1.29 is 13.9 Å². The van der Waals surface area contributed by atoms with Gasteiger partial charge >= 0.3 is 0 Å². The number of hydrogen-bond acceptors (Lipinski definition) is 2. The largest absolute Gasteiger partial charge is 0.455 e. The molecular formula is C24H24FNO2. The molecule has 1 amide bonds. The molecule has 0 bridgehead atoms. The summed E-state index contributed by atoms with van der Waals surface area (Å²) in [6.45, 7) is 3.47. The minimum absolute atomic E-state index is 0.274. The van der Waals surface area contributed by atoms with Gasteiger partial charge in [0.2, 0.25) is 0 Å². The highest BCUT2D eigenvalue weighted by Crippen LogP contribution is 2.33. The Bertz CT molecular complexity index is 907. The molecule has 3 aromatic rings. The summed E-state index contributed by atoms with van der Waals surface area (Å²) < 4.78 is 19.3. The van der Waals surface area contributed by atoms with Crippen LogP contribution in [0.15, 0.2) is 78.9 Å². The van der Waals surface area contributed by atoms with Crippen molar-refractivity contribution in [2.24, 2.45) is 0 Å². The van der Waals surface area contributed by atoms with E-state index in [4.69, 9.17) is 4.74 Å². The number of rotatable bonds is 7. The minimum atomic E-state index is -1.07. The lowest BCUT2D eigenvalue weighted by molar-refractivity contribution is -0.119. The Morgan fingerprint density at radius 2 is 1.57 bits per heavy atom. The molecule has 0 N–H and O–H groups in total. The Morgan fingerprint density at radius 1 is 0.929 bits per heavy atom. The molecule has 4 heteroatoms. The second-order valence-corrected chi connectivity index (χ2v) is 6.89. The van der Waals surface area contributed by atoms with Crippen molar-refractivity contribution >= 4 is 11.6 Å². The molecule has 0 atom stereocenters. The van der Waals surface area contributed by atoms with E-state index < -0.39 is 12.6 Å². The molecule has 0 spiro atoms. The van der Waals surface area contributed by atoms with E-state index in [0.717, 1.165) is 5.56 Å². The zero-order valence-corrected chi connectivity index (χ0v) is 16.1. The molecule has 3 rings (SSSR count). The first kappa shape index (κ1) is 19.6. The molecule has 0 fully saturated rings. The van der Waals surface area contributed by atoms with Crippen molar-refractivity contribution in [3.8, 4) is 11.5 Å². The van der Waals surface area contributed by atoms with Gasteiger partial charge in [-0.2, -0.15) is 0 Å². The average Bonchev–Trinajstić information content (AvgIpc) is 2.73. The third-order valence-corrected chi connectivity index (χ3v) is 4.53. The summed E-state index contributed by atoms with van der Waals surface area (Å²) in [5, 5.41) is 0. The summed E-state index contributed by atoms with van der Waals surface area (Å²) in [5.41, 5.74) is 2.70. The molecule has 0 unspecified atom stereocenters. The number of ether oxygens (including phenoxy) is 1. The number of benzene rings is 3. The van der Waals surface area contributed by atoms with Gasteiger partial charge in [0.1, 0.15) is 5.75 Å². The van der Waals surface area contributed by atoms with E-state index in [2.05, 4.69) is 13.8 Å². The molecule has 0 saturated heterocycles. The predicted octanol–water partition coefficient (Wildman–Crippen LogP) is 6.11. The molecule has 28 heavy (non-hydrogen) atoms. The molecule has 0 aliphatic heterocycles. The number of halogens is 1. The highest BCUT2D eigenvalue weighted by molar-refractivity contribution is 5.95. The highest BCUT2D eigenvalue weighted by Gasteiger charge is 2.20. The average molecular weight is 377 g/mol. The van der Waals surface area contributed by atoms with Gasteiger partial charge < -0.3 is 9.64 Å². The van der Waals surface area contributed by atoms with Crippen LogP contribution >= 0.6 is 0 Å². The van der Waals surface area contributed by atoms with E-state index in [9.17, 15) is 9.18 Å². The second-order valence-electron chi connectivity index (χ2n) is 6.89. The van der Waals surface area contributed by atoms with Gasteiger partial charge in [-0.3, -0.25) is 4.79 Å². The van der Waals surface area contributed by atoms with Gasteiger partial charge in [-0.15, -0.1) is 0 Å². The summed E-state index contributed by atoms with van der Waals surface area (Å²) in [4.78, 5) is 13.8. The van der Waals surface area contributed by atoms with Gasteiger partial charge in [-0.25, -0.2) is 4.39 Å². The zero-order valence-electron chi connectivity index (χ0n) is 16.1. The molecule has 0 saturated carbocycles. The topological polar surface area (TPSA) is 29.5 Å². The second kappa shape index (κ2) is 9.18. The van der Waals surface area contributed by atoms with Crippen LogP contribution in [0.3, 0.4) is 0 Å². The maximum atomic E-state index is 13.3. The maximum absolute atomic E-state index is 13.3. The Labute approximate surface area is 165 Å². The van der Waals surface area contributed by atoms with Crippen LogP contribution < -0.4 is 9.64 Å². The van der Waals surface area contributed by atoms with Gasteiger partial charge in [-0.05, 0) is 41.3 Å². The molecule has 0 aromatic heterocycles. The lowest BCUT2D eigenvalue weighted by Gasteiger charge is -2.24. The van der Waals surface area contributed by atoms with E-state index in [1.165, 1.54) is 10.5 Å². The van der Waals surface area contributed by atoms with Gasteiger partial charge in [0.25, 0.3) is 5.91 Å². The van der Waals surface area contributed by atoms with Gasteiger partial charge in [0, 0.05) is 0 Å². The molecule has 3 nitrogen and oxygen atoms in total. The first-order valence-corrected chi connectivity index (χ1v) is 9.35. The fraction of sp³-hybridized carbons (Fsp3) is 0.208. The van der Waals surface area contributed by atoms with Crippen LogP contribution in [0.1, 0.15) is 30.9 Å². The zero-order chi connectivity index (χ0) is 19.9. The number of anilines is 1. The number of para-hydroxylation sites is 3. The first-order valence-electron chi connectivity index (χ1n) is 9.35. The standard InChI is InChI=1S/C24H24FNO2/c1-18(2)20-14-12-19(13-15-20)17-26(24(27)16-25)22-10-6-7-11-23(22)28-21-8-4-3-5-9-21/h3-15,18H,16-17H2,1-2H3. The molecule has 0 heterocycles. The van der Waals surface area contributed by atoms with E-state index in [1.54, 1.807) is 12.1 Å². The van der Waals surface area contributed by atoms with Gasteiger partial charge in [-0.1, -0.05) is 68.4 Å². The Balaban J connectivity index is 1.91. The molecular weight excluding hydrogens is 353 g/mol. The molecule has 0 aliphatic carbocycles. The number of nitrogens with zero attached hydrogens (tertiary/aromatic N) is 1. The van der Waals surface area contributed by atoms with Crippen LogP contribution in [0, 0.1) is 0 Å². The quantitative estimate of drug-likeness (QED) is 0.497. The normalized spacial score (nSPS) is 10.7. The van der Waals surface area contributed by atoms with Crippen molar-refractivity contribution in [3.63, 3.8) is 0 Å². The van der Waals surface area contributed by atoms with Crippen LogP contribution in [-0.2, 0) is 11.3 Å². The number of carbonyl (C=O) groups excluding carboxylic acids is 1. The third kappa shape index (κ3) is 4.77. The number of alkyl halides is 1. The lowest BCUT2D eigenvalue weighted by atomic mass is 10.0.